The van der Waals surface area contributed by atoms with Crippen LogP contribution in [0.1, 0.15) is 5.56 Å². The van der Waals surface area contributed by atoms with Gasteiger partial charge in [-0.15, -0.1) is 0 Å². The summed E-state index contributed by atoms with van der Waals surface area (Å²) in [6, 6.07) is 7.15. The molecule has 104 valence electrons. The van der Waals surface area contributed by atoms with Crippen LogP contribution in [0.4, 0.5) is 5.69 Å². The number of nitrogens with one attached hydrogen (secondary N) is 1. The second-order valence-corrected chi connectivity index (χ2v) is 6.35. The van der Waals surface area contributed by atoms with E-state index in [1.165, 1.54) is 18.5 Å². The van der Waals surface area contributed by atoms with Crippen molar-refractivity contribution in [1.29, 1.82) is 0 Å². The third-order valence-electron chi connectivity index (χ3n) is 3.34. The Morgan fingerprint density at radius 2 is 2.05 bits per heavy atom. The highest BCUT2D eigenvalue weighted by Crippen LogP contribution is 2.36. The van der Waals surface area contributed by atoms with Crippen molar-refractivity contribution in [2.45, 2.75) is 17.4 Å². The van der Waals surface area contributed by atoms with Gasteiger partial charge in [-0.2, -0.15) is 0 Å². The zero-order valence-corrected chi connectivity index (χ0v) is 11.2. The van der Waals surface area contributed by atoms with Crippen LogP contribution in [0, 0.1) is 0 Å². The van der Waals surface area contributed by atoms with Crippen LogP contribution in [0.15, 0.2) is 47.6 Å². The molecule has 0 bridgehead atoms. The first kappa shape index (κ1) is 12.7. The van der Waals surface area contributed by atoms with Gasteiger partial charge in [0.05, 0.1) is 5.69 Å². The van der Waals surface area contributed by atoms with Crippen LogP contribution in [-0.2, 0) is 21.2 Å². The molecule has 1 aromatic heterocycles. The molecule has 2 heterocycles. The first-order valence-electron chi connectivity index (χ1n) is 6.00. The summed E-state index contributed by atoms with van der Waals surface area (Å²) in [5.41, 5.74) is 1.15. The summed E-state index contributed by atoms with van der Waals surface area (Å²) in [5.74, 6) is -1.15. The average molecular weight is 292 g/mol. The lowest BCUT2D eigenvalue weighted by Gasteiger charge is -2.23. The Labute approximate surface area is 115 Å². The summed E-state index contributed by atoms with van der Waals surface area (Å²) in [4.78, 5) is 14.1. The average Bonchev–Trinajstić information content (AvgIpc) is 3.06. The van der Waals surface area contributed by atoms with Crippen molar-refractivity contribution in [2.75, 3.05) is 4.31 Å². The number of fused-ring (bicyclic) bond motifs is 1. The van der Waals surface area contributed by atoms with Gasteiger partial charge in [0.25, 0.3) is 10.0 Å². The largest absolute Gasteiger partial charge is 0.480 e. The molecule has 0 amide bonds. The van der Waals surface area contributed by atoms with Crippen molar-refractivity contribution in [3.63, 3.8) is 0 Å². The molecule has 1 aliphatic heterocycles. The normalized spacial score (nSPS) is 18.0. The predicted molar refractivity (Wildman–Crippen MR) is 72.0 cm³/mol. The number of carboxylic acid groups (broad SMARTS) is 1. The Morgan fingerprint density at radius 3 is 2.70 bits per heavy atom. The van der Waals surface area contributed by atoms with E-state index in [1.807, 2.05) is 0 Å². The topological polar surface area (TPSA) is 90.5 Å². The highest BCUT2D eigenvalue weighted by atomic mass is 32.2. The van der Waals surface area contributed by atoms with Gasteiger partial charge in [-0.1, -0.05) is 18.2 Å². The number of anilines is 1. The molecule has 0 aliphatic carbocycles. The van der Waals surface area contributed by atoms with Crippen LogP contribution in [0.2, 0.25) is 0 Å². The Hall–Kier alpha value is -2.28. The van der Waals surface area contributed by atoms with Crippen LogP contribution in [-0.4, -0.2) is 30.5 Å². The third kappa shape index (κ3) is 1.78. The number of carbonyl (C=O) groups is 1. The fourth-order valence-corrected chi connectivity index (χ4v) is 4.05. The summed E-state index contributed by atoms with van der Waals surface area (Å²) in [7, 11) is -3.88. The summed E-state index contributed by atoms with van der Waals surface area (Å²) in [5, 5.41) is 9.30. The minimum atomic E-state index is -3.88. The number of hydrogen-bond acceptors (Lipinski definition) is 3. The lowest BCUT2D eigenvalue weighted by molar-refractivity contribution is -0.138. The molecule has 0 saturated heterocycles. The minimum Gasteiger partial charge on any atom is -0.480 e. The van der Waals surface area contributed by atoms with Gasteiger partial charge in [-0.3, -0.25) is 4.31 Å². The molecule has 7 heteroatoms. The fourth-order valence-electron chi connectivity index (χ4n) is 2.42. The Morgan fingerprint density at radius 1 is 1.30 bits per heavy atom. The number of benzene rings is 1. The number of H-pyrrole nitrogens is 1. The lowest BCUT2D eigenvalue weighted by Crippen LogP contribution is -2.42. The molecule has 20 heavy (non-hydrogen) atoms. The summed E-state index contributed by atoms with van der Waals surface area (Å²) in [6.07, 6.45) is 3.01. The highest BCUT2D eigenvalue weighted by Gasteiger charge is 2.42. The van der Waals surface area contributed by atoms with E-state index in [0.29, 0.717) is 5.69 Å². The van der Waals surface area contributed by atoms with E-state index < -0.39 is 22.0 Å². The maximum atomic E-state index is 12.6. The van der Waals surface area contributed by atoms with Crippen LogP contribution in [0.3, 0.4) is 0 Å². The van der Waals surface area contributed by atoms with Crippen molar-refractivity contribution in [2.24, 2.45) is 0 Å². The second kappa shape index (κ2) is 4.38. The van der Waals surface area contributed by atoms with Crippen molar-refractivity contribution < 1.29 is 18.3 Å². The minimum absolute atomic E-state index is 0.0560. The van der Waals surface area contributed by atoms with E-state index in [1.54, 1.807) is 24.3 Å². The van der Waals surface area contributed by atoms with Crippen molar-refractivity contribution >= 4 is 21.7 Å². The Kier molecular flexibility index (Phi) is 2.79. The predicted octanol–water partition coefficient (Wildman–Crippen LogP) is 1.22. The van der Waals surface area contributed by atoms with Gasteiger partial charge in [-0.05, 0) is 17.7 Å². The SMILES string of the molecule is O=C(O)C1Cc2ccccc2N1S(=O)(=O)c1cc[nH]c1. The van der Waals surface area contributed by atoms with Gasteiger partial charge in [0.1, 0.15) is 10.9 Å². The van der Waals surface area contributed by atoms with Gasteiger partial charge in [0.2, 0.25) is 0 Å². The van der Waals surface area contributed by atoms with E-state index in [-0.39, 0.29) is 11.3 Å². The number of aromatic nitrogens is 1. The van der Waals surface area contributed by atoms with E-state index >= 15 is 0 Å². The van der Waals surface area contributed by atoms with Gasteiger partial charge in [-0.25, -0.2) is 13.2 Å². The van der Waals surface area contributed by atoms with E-state index in [4.69, 9.17) is 0 Å². The Bertz CT molecular complexity index is 752. The molecule has 0 fully saturated rings. The van der Waals surface area contributed by atoms with Crippen molar-refractivity contribution in [3.8, 4) is 0 Å². The third-order valence-corrected chi connectivity index (χ3v) is 5.16. The van der Waals surface area contributed by atoms with E-state index in [9.17, 15) is 18.3 Å². The second-order valence-electron chi connectivity index (χ2n) is 4.53. The van der Waals surface area contributed by atoms with Crippen LogP contribution >= 0.6 is 0 Å². The molecular weight excluding hydrogens is 280 g/mol. The molecule has 2 N–H and O–H groups in total. The van der Waals surface area contributed by atoms with Crippen LogP contribution < -0.4 is 4.31 Å². The van der Waals surface area contributed by atoms with Crippen LogP contribution in [0.5, 0.6) is 0 Å². The number of carboxylic acids is 1. The maximum absolute atomic E-state index is 12.6. The molecule has 1 atom stereocenters. The molecule has 3 rings (SSSR count). The molecule has 2 aromatic rings. The molecule has 0 spiro atoms. The molecule has 0 radical (unpaired) electrons. The molecule has 1 aromatic carbocycles. The number of rotatable bonds is 3. The summed E-state index contributed by atoms with van der Waals surface area (Å²) < 4.78 is 26.2. The number of nitrogens with zero attached hydrogens (tertiary/aromatic N) is 1. The molecule has 1 unspecified atom stereocenters. The number of hydrogen-bond donors (Lipinski definition) is 2. The maximum Gasteiger partial charge on any atom is 0.327 e. The standard InChI is InChI=1S/C13H12N2O4S/c16-13(17)12-7-9-3-1-2-4-11(9)15(12)20(18,19)10-5-6-14-8-10/h1-6,8,12,14H,7H2,(H,16,17). The fraction of sp³-hybridized carbons (Fsp3) is 0.154. The first-order valence-corrected chi connectivity index (χ1v) is 7.44. The van der Waals surface area contributed by atoms with Gasteiger partial charge < -0.3 is 10.1 Å². The highest BCUT2D eigenvalue weighted by molar-refractivity contribution is 7.93. The van der Waals surface area contributed by atoms with E-state index in [0.717, 1.165) is 9.87 Å². The van der Waals surface area contributed by atoms with Gasteiger partial charge >= 0.3 is 5.97 Å². The quantitative estimate of drug-likeness (QED) is 0.890. The number of aliphatic carboxylic acids is 1. The summed E-state index contributed by atoms with van der Waals surface area (Å²) >= 11 is 0. The van der Waals surface area contributed by atoms with Gasteiger partial charge in [0, 0.05) is 18.8 Å². The number of sulfonamides is 1. The monoisotopic (exact) mass is 292 g/mol. The molecule has 6 nitrogen and oxygen atoms in total. The first-order chi connectivity index (χ1) is 9.51. The van der Waals surface area contributed by atoms with E-state index in [2.05, 4.69) is 4.98 Å². The molecular formula is C13H12N2O4S. The number of para-hydroxylation sites is 1. The molecule has 1 aliphatic rings. The van der Waals surface area contributed by atoms with Gasteiger partial charge in [0.15, 0.2) is 0 Å². The van der Waals surface area contributed by atoms with Crippen molar-refractivity contribution in [1.82, 2.24) is 4.98 Å². The van der Waals surface area contributed by atoms with Crippen LogP contribution in [0.25, 0.3) is 0 Å². The Balaban J connectivity index is 2.17. The lowest BCUT2D eigenvalue weighted by atomic mass is 10.1. The smallest absolute Gasteiger partial charge is 0.327 e. The van der Waals surface area contributed by atoms with Crippen molar-refractivity contribution in [3.05, 3.63) is 48.3 Å². The number of aromatic amines is 1. The molecule has 0 saturated carbocycles. The zero-order valence-electron chi connectivity index (χ0n) is 10.4. The summed E-state index contributed by atoms with van der Waals surface area (Å²) in [6.45, 7) is 0. The zero-order chi connectivity index (χ0) is 14.3.